The Kier molecular flexibility index (Phi) is 10.0. The summed E-state index contributed by atoms with van der Waals surface area (Å²) >= 11 is 0. The number of para-hydroxylation sites is 2. The maximum atomic E-state index is 10.8. The minimum Gasteiger partial charge on any atom is -0.507 e. The molecule has 0 radical (unpaired) electrons. The topological polar surface area (TPSA) is 54.2 Å². The number of imidazole rings is 1. The summed E-state index contributed by atoms with van der Waals surface area (Å²) in [6, 6.07) is 50.0. The van der Waals surface area contributed by atoms with E-state index >= 15 is 0 Å². The number of pyridine rings is 1. The number of hydrogen-bond acceptors (Lipinski definition) is 4. The molecule has 6 aromatic carbocycles. The molecule has 0 amide bonds. The number of hydrogen-bond donors (Lipinski definition) is 1. The molecule has 2 heterocycles. The molecular formula is C49H45N4OPt-. The van der Waals surface area contributed by atoms with Crippen molar-refractivity contribution >= 4 is 39.0 Å². The van der Waals surface area contributed by atoms with Crippen LogP contribution in [0.4, 0.5) is 17.2 Å². The number of anilines is 3. The molecule has 8 aromatic rings. The van der Waals surface area contributed by atoms with Crippen molar-refractivity contribution in [2.45, 2.75) is 52.4 Å². The summed E-state index contributed by atoms with van der Waals surface area (Å²) < 4.78 is 2.05. The number of benzene rings is 6. The molecule has 0 bridgehead atoms. The monoisotopic (exact) mass is 900 g/mol. The number of phenols is 1. The average molecular weight is 901 g/mol. The smallest absolute Gasteiger partial charge is 0.143 e. The number of aromatic hydroxyl groups is 1. The Morgan fingerprint density at radius 1 is 0.655 bits per heavy atom. The molecule has 0 aliphatic rings. The Morgan fingerprint density at radius 2 is 1.29 bits per heavy atom. The third-order valence-electron chi connectivity index (χ3n) is 10.3. The van der Waals surface area contributed by atoms with Crippen LogP contribution in [0.15, 0.2) is 140 Å². The number of rotatable bonds is 6. The third-order valence-corrected chi connectivity index (χ3v) is 10.3. The van der Waals surface area contributed by atoms with E-state index in [0.717, 1.165) is 61.3 Å². The summed E-state index contributed by atoms with van der Waals surface area (Å²) in [7, 11) is 2.00. The second-order valence-electron chi connectivity index (χ2n) is 16.2. The number of fused-ring (bicyclic) bond motifs is 2. The number of nitrogens with zero attached hydrogens (tertiary/aromatic N) is 4. The van der Waals surface area contributed by atoms with Gasteiger partial charge in [0.05, 0.1) is 22.3 Å². The molecule has 8 rings (SSSR count). The molecule has 0 fully saturated rings. The van der Waals surface area contributed by atoms with Crippen LogP contribution in [0.25, 0.3) is 55.4 Å². The minimum absolute atomic E-state index is 0. The Bertz CT molecular complexity index is 2630. The molecule has 278 valence electrons. The van der Waals surface area contributed by atoms with Crippen LogP contribution in [0.5, 0.6) is 5.75 Å². The zero-order valence-electron chi connectivity index (χ0n) is 32.3. The summed E-state index contributed by atoms with van der Waals surface area (Å²) in [4.78, 5) is 12.3. The standard InChI is InChI=1S/C49H45N4O.Pt/c1-48(2,3)36-27-34(28-37(31-36)49(4,5)6)33-26-35(40-20-15-22-43-46(40)51-47(52(43)7)41-19-10-11-23-44(41)54)30-38(29-33)53(45-24-12-13-25-50-45)42-21-14-17-32-16-8-9-18-39(32)42;/h8-29,31,54H,1-7H3;/q-1;. The summed E-state index contributed by atoms with van der Waals surface area (Å²) in [6.45, 7) is 13.7. The Hall–Kier alpha value is -5.51. The van der Waals surface area contributed by atoms with Gasteiger partial charge in [-0.15, -0.1) is 23.8 Å². The SMILES string of the molecule is Cn1c(-c2ccccc2O)nc2c(-c3[c-]c(N(c4ccccn4)c4cccc5ccccc45)cc(-c4cc(C(C)(C)C)cc(C(C)(C)C)c4)c3)cccc21.[Pt]. The van der Waals surface area contributed by atoms with E-state index in [4.69, 9.17) is 9.97 Å². The molecule has 0 aliphatic heterocycles. The van der Waals surface area contributed by atoms with Gasteiger partial charge < -0.3 is 14.6 Å². The van der Waals surface area contributed by atoms with E-state index in [0.29, 0.717) is 11.4 Å². The molecule has 0 unspecified atom stereocenters. The average Bonchev–Trinajstić information content (AvgIpc) is 3.50. The quantitative estimate of drug-likeness (QED) is 0.169. The fourth-order valence-corrected chi connectivity index (χ4v) is 7.25. The summed E-state index contributed by atoms with van der Waals surface area (Å²) in [6.07, 6.45) is 1.84. The van der Waals surface area contributed by atoms with Gasteiger partial charge in [0, 0.05) is 39.7 Å². The van der Waals surface area contributed by atoms with Crippen molar-refractivity contribution in [2.75, 3.05) is 4.90 Å². The van der Waals surface area contributed by atoms with Crippen LogP contribution in [0.2, 0.25) is 0 Å². The Balaban J connectivity index is 0.00000465. The van der Waals surface area contributed by atoms with E-state index < -0.39 is 0 Å². The zero-order chi connectivity index (χ0) is 37.8. The fraction of sp³-hybridized carbons (Fsp3) is 0.184. The first-order valence-electron chi connectivity index (χ1n) is 18.5. The Morgan fingerprint density at radius 3 is 2.00 bits per heavy atom. The first-order chi connectivity index (χ1) is 25.9. The van der Waals surface area contributed by atoms with Crippen LogP contribution in [-0.4, -0.2) is 19.6 Å². The van der Waals surface area contributed by atoms with E-state index in [1.54, 1.807) is 6.07 Å². The van der Waals surface area contributed by atoms with Gasteiger partial charge in [0.25, 0.3) is 0 Å². The fourth-order valence-electron chi connectivity index (χ4n) is 7.25. The largest absolute Gasteiger partial charge is 0.507 e. The molecule has 0 atom stereocenters. The van der Waals surface area contributed by atoms with E-state index in [-0.39, 0.29) is 37.6 Å². The van der Waals surface area contributed by atoms with Crippen molar-refractivity contribution in [3.63, 3.8) is 0 Å². The van der Waals surface area contributed by atoms with Gasteiger partial charge in [-0.1, -0.05) is 138 Å². The molecular weight excluding hydrogens is 856 g/mol. The van der Waals surface area contributed by atoms with Crippen molar-refractivity contribution in [3.05, 3.63) is 157 Å². The van der Waals surface area contributed by atoms with E-state index in [1.165, 1.54) is 11.1 Å². The predicted octanol–water partition coefficient (Wildman–Crippen LogP) is 12.7. The Labute approximate surface area is 338 Å². The second kappa shape index (κ2) is 14.6. The molecule has 55 heavy (non-hydrogen) atoms. The predicted molar refractivity (Wildman–Crippen MR) is 225 cm³/mol. The summed E-state index contributed by atoms with van der Waals surface area (Å²) in [5.74, 6) is 1.69. The van der Waals surface area contributed by atoms with Gasteiger partial charge in [0.2, 0.25) is 0 Å². The van der Waals surface area contributed by atoms with Gasteiger partial charge in [-0.3, -0.25) is 0 Å². The zero-order valence-corrected chi connectivity index (χ0v) is 34.6. The van der Waals surface area contributed by atoms with Crippen molar-refractivity contribution in [2.24, 2.45) is 7.05 Å². The molecule has 5 nitrogen and oxygen atoms in total. The first-order valence-corrected chi connectivity index (χ1v) is 18.5. The van der Waals surface area contributed by atoms with Gasteiger partial charge in [-0.2, -0.15) is 0 Å². The van der Waals surface area contributed by atoms with Crippen LogP contribution in [0.1, 0.15) is 52.7 Å². The van der Waals surface area contributed by atoms with Crippen LogP contribution in [-0.2, 0) is 38.9 Å². The molecule has 2 aromatic heterocycles. The van der Waals surface area contributed by atoms with Gasteiger partial charge in [0.15, 0.2) is 0 Å². The molecule has 1 N–H and O–H groups in total. The van der Waals surface area contributed by atoms with Gasteiger partial charge in [0.1, 0.15) is 17.4 Å². The summed E-state index contributed by atoms with van der Waals surface area (Å²) in [5.41, 5.74) is 10.9. The van der Waals surface area contributed by atoms with Crippen molar-refractivity contribution in [3.8, 4) is 39.4 Å². The van der Waals surface area contributed by atoms with Crippen molar-refractivity contribution in [1.29, 1.82) is 0 Å². The van der Waals surface area contributed by atoms with Crippen LogP contribution in [0.3, 0.4) is 0 Å². The number of aromatic nitrogens is 3. The van der Waals surface area contributed by atoms with Crippen LogP contribution < -0.4 is 4.90 Å². The van der Waals surface area contributed by atoms with Gasteiger partial charge in [-0.25, -0.2) is 9.97 Å². The number of aryl methyl sites for hydroxylation is 1. The molecule has 6 heteroatoms. The molecule has 0 saturated heterocycles. The minimum atomic E-state index is -0.0511. The van der Waals surface area contributed by atoms with E-state index in [1.807, 2.05) is 43.6 Å². The molecule has 0 spiro atoms. The van der Waals surface area contributed by atoms with Crippen molar-refractivity contribution < 1.29 is 26.2 Å². The van der Waals surface area contributed by atoms with E-state index in [9.17, 15) is 5.11 Å². The van der Waals surface area contributed by atoms with Crippen molar-refractivity contribution in [1.82, 2.24) is 14.5 Å². The normalized spacial score (nSPS) is 11.8. The van der Waals surface area contributed by atoms with Crippen LogP contribution >= 0.6 is 0 Å². The maximum Gasteiger partial charge on any atom is 0.143 e. The summed E-state index contributed by atoms with van der Waals surface area (Å²) in [5, 5.41) is 13.1. The molecule has 0 saturated carbocycles. The van der Waals surface area contributed by atoms with Gasteiger partial charge >= 0.3 is 0 Å². The first kappa shape index (κ1) is 37.8. The molecule has 0 aliphatic carbocycles. The van der Waals surface area contributed by atoms with Gasteiger partial charge in [-0.05, 0) is 75.0 Å². The second-order valence-corrected chi connectivity index (χ2v) is 16.2. The van der Waals surface area contributed by atoms with E-state index in [2.05, 4.69) is 154 Å². The van der Waals surface area contributed by atoms with Crippen LogP contribution in [0, 0.1) is 6.07 Å². The number of phenolic OH excluding ortho intramolecular Hbond substituents is 1. The third kappa shape index (κ3) is 7.22. The maximum absolute atomic E-state index is 10.8.